The Morgan fingerprint density at radius 3 is 2.57 bits per heavy atom. The van der Waals surface area contributed by atoms with Crippen LogP contribution in [0.15, 0.2) is 49.1 Å². The number of fused-ring (bicyclic) bond motifs is 1. The Kier molecular flexibility index (Phi) is 4.77. The van der Waals surface area contributed by atoms with Crippen LogP contribution in [0.3, 0.4) is 0 Å². The van der Waals surface area contributed by atoms with Crippen molar-refractivity contribution in [2.75, 3.05) is 11.9 Å². The van der Waals surface area contributed by atoms with E-state index >= 15 is 0 Å². The molecule has 3 aromatic rings. The van der Waals surface area contributed by atoms with Gasteiger partial charge >= 0.3 is 0 Å². The fourth-order valence-corrected chi connectivity index (χ4v) is 3.79. The number of aromatic nitrogens is 4. The Morgan fingerprint density at radius 1 is 1.18 bits per heavy atom. The summed E-state index contributed by atoms with van der Waals surface area (Å²) < 4.78 is 1.73. The maximum atomic E-state index is 13.1. The number of rotatable bonds is 5. The summed E-state index contributed by atoms with van der Waals surface area (Å²) in [6, 6.07) is 12.1. The van der Waals surface area contributed by atoms with Crippen LogP contribution in [0.1, 0.15) is 45.3 Å². The third-order valence-electron chi connectivity index (χ3n) is 4.98. The van der Waals surface area contributed by atoms with Gasteiger partial charge in [-0.25, -0.2) is 14.6 Å². The van der Waals surface area contributed by atoms with Gasteiger partial charge in [-0.1, -0.05) is 36.4 Å². The van der Waals surface area contributed by atoms with Crippen molar-refractivity contribution in [2.45, 2.75) is 32.6 Å². The average molecular weight is 373 g/mol. The number of carbonyl (C=O) groups excluding carboxylic acids is 1. The molecule has 0 unspecified atom stereocenters. The summed E-state index contributed by atoms with van der Waals surface area (Å²) in [5.74, 6) is 1.29. The molecule has 0 fully saturated rings. The van der Waals surface area contributed by atoms with E-state index in [9.17, 15) is 4.79 Å². The van der Waals surface area contributed by atoms with Crippen LogP contribution in [0.4, 0.5) is 5.82 Å². The van der Waals surface area contributed by atoms with Crippen LogP contribution < -0.4 is 5.32 Å². The van der Waals surface area contributed by atoms with E-state index in [1.165, 1.54) is 0 Å². The van der Waals surface area contributed by atoms with Crippen LogP contribution in [0.25, 0.3) is 5.95 Å². The van der Waals surface area contributed by atoms with E-state index in [1.807, 2.05) is 38.1 Å². The Hall–Kier alpha value is -3.28. The van der Waals surface area contributed by atoms with Gasteiger partial charge in [-0.05, 0) is 37.8 Å². The molecule has 0 saturated carbocycles. The number of nitrogens with zero attached hydrogens (tertiary/aromatic N) is 4. The fourth-order valence-electron chi connectivity index (χ4n) is 3.79. The van der Waals surface area contributed by atoms with Crippen molar-refractivity contribution in [1.29, 1.82) is 0 Å². The molecule has 2 aromatic heterocycles. The van der Waals surface area contributed by atoms with E-state index in [1.54, 1.807) is 10.8 Å². The summed E-state index contributed by atoms with van der Waals surface area (Å²) in [5, 5.41) is 7.87. The summed E-state index contributed by atoms with van der Waals surface area (Å²) >= 11 is 0. The Labute approximate surface area is 164 Å². The highest BCUT2D eigenvalue weighted by atomic mass is 16.1. The van der Waals surface area contributed by atoms with Gasteiger partial charge in [0.2, 0.25) is 0 Å². The zero-order chi connectivity index (χ0) is 19.7. The molecule has 0 aliphatic heterocycles. The predicted octanol–water partition coefficient (Wildman–Crippen LogP) is 3.79. The lowest BCUT2D eigenvalue weighted by Gasteiger charge is -2.23. The molecule has 6 nitrogen and oxygen atoms in total. The zero-order valence-corrected chi connectivity index (χ0v) is 16.1. The lowest BCUT2D eigenvalue weighted by atomic mass is 9.82. The van der Waals surface area contributed by atoms with Crippen LogP contribution >= 0.6 is 0 Å². The smallest absolute Gasteiger partial charge is 0.251 e. The molecule has 0 saturated heterocycles. The average Bonchev–Trinajstić information content (AvgIpc) is 3.05. The number of hydrogen-bond acceptors (Lipinski definition) is 5. The number of ketones is 1. The van der Waals surface area contributed by atoms with Crippen molar-refractivity contribution in [3.05, 3.63) is 77.3 Å². The summed E-state index contributed by atoms with van der Waals surface area (Å²) in [6.07, 6.45) is 2.93. The molecule has 4 rings (SSSR count). The summed E-state index contributed by atoms with van der Waals surface area (Å²) in [4.78, 5) is 22.2. The highest BCUT2D eigenvalue weighted by Gasteiger charge is 2.34. The Morgan fingerprint density at radius 2 is 1.89 bits per heavy atom. The second kappa shape index (κ2) is 7.38. The summed E-state index contributed by atoms with van der Waals surface area (Å²) in [5.41, 5.74) is 4.41. The van der Waals surface area contributed by atoms with Crippen LogP contribution in [-0.4, -0.2) is 32.1 Å². The molecule has 0 amide bonds. The molecular weight excluding hydrogens is 350 g/mol. The third kappa shape index (κ3) is 3.33. The number of carbonyl (C=O) groups is 1. The van der Waals surface area contributed by atoms with Crippen LogP contribution in [0.2, 0.25) is 0 Å². The van der Waals surface area contributed by atoms with Gasteiger partial charge in [-0.15, -0.1) is 11.7 Å². The minimum Gasteiger partial charge on any atom is -0.365 e. The Balaban J connectivity index is 1.84. The normalized spacial score (nSPS) is 15.9. The topological polar surface area (TPSA) is 72.7 Å². The number of anilines is 1. The molecule has 0 spiro atoms. The molecule has 1 N–H and O–H groups in total. The molecule has 1 aliphatic rings. The summed E-state index contributed by atoms with van der Waals surface area (Å²) in [7, 11) is 0. The van der Waals surface area contributed by atoms with E-state index in [0.29, 0.717) is 36.7 Å². The standard InChI is InChI=1S/C22H23N5O/c1-4-10-23-21-20-18(27(26-21)22-24-14(2)11-15(3)25-22)12-17(13-19(20)28)16-8-6-5-7-9-16/h4-9,11,17H,1,10,12-13H2,2-3H3,(H,23,26)/t17-/m1/s1. The minimum absolute atomic E-state index is 0.0947. The molecule has 1 atom stereocenters. The fraction of sp³-hybridized carbons (Fsp3) is 0.273. The van der Waals surface area contributed by atoms with Crippen molar-refractivity contribution in [3.63, 3.8) is 0 Å². The number of Topliss-reactive ketones (excluding diaryl/α,β-unsaturated/α-hetero) is 1. The largest absolute Gasteiger partial charge is 0.365 e. The van der Waals surface area contributed by atoms with E-state index in [4.69, 9.17) is 0 Å². The number of benzene rings is 1. The van der Waals surface area contributed by atoms with Crippen LogP contribution in [0.5, 0.6) is 0 Å². The zero-order valence-electron chi connectivity index (χ0n) is 16.1. The van der Waals surface area contributed by atoms with Gasteiger partial charge in [0.25, 0.3) is 5.95 Å². The quantitative estimate of drug-likeness (QED) is 0.689. The molecule has 28 heavy (non-hydrogen) atoms. The minimum atomic E-state index is 0.0947. The first kappa shape index (κ1) is 18.1. The van der Waals surface area contributed by atoms with Gasteiger partial charge in [-0.3, -0.25) is 4.79 Å². The molecule has 2 heterocycles. The first-order valence-corrected chi connectivity index (χ1v) is 9.44. The van der Waals surface area contributed by atoms with Crippen molar-refractivity contribution >= 4 is 11.6 Å². The van der Waals surface area contributed by atoms with Gasteiger partial charge in [0.05, 0.1) is 11.3 Å². The molecular formula is C22H23N5O. The van der Waals surface area contributed by atoms with Crippen LogP contribution in [-0.2, 0) is 6.42 Å². The van der Waals surface area contributed by atoms with E-state index < -0.39 is 0 Å². The molecule has 1 aromatic carbocycles. The second-order valence-electron chi connectivity index (χ2n) is 7.14. The highest BCUT2D eigenvalue weighted by Crippen LogP contribution is 2.36. The first-order chi connectivity index (χ1) is 13.6. The maximum absolute atomic E-state index is 13.1. The molecule has 0 bridgehead atoms. The molecule has 1 aliphatic carbocycles. The summed E-state index contributed by atoms with van der Waals surface area (Å²) in [6.45, 7) is 8.14. The predicted molar refractivity (Wildman–Crippen MR) is 109 cm³/mol. The first-order valence-electron chi connectivity index (χ1n) is 9.44. The molecule has 0 radical (unpaired) electrons. The van der Waals surface area contributed by atoms with Crippen molar-refractivity contribution in [1.82, 2.24) is 19.7 Å². The van der Waals surface area contributed by atoms with Gasteiger partial charge in [0.1, 0.15) is 0 Å². The van der Waals surface area contributed by atoms with Gasteiger partial charge in [0.15, 0.2) is 11.6 Å². The van der Waals surface area contributed by atoms with Gasteiger partial charge in [-0.2, -0.15) is 0 Å². The highest BCUT2D eigenvalue weighted by molar-refractivity contribution is 6.03. The van der Waals surface area contributed by atoms with Gasteiger partial charge < -0.3 is 5.32 Å². The molecule has 142 valence electrons. The van der Waals surface area contributed by atoms with E-state index in [-0.39, 0.29) is 11.7 Å². The third-order valence-corrected chi connectivity index (χ3v) is 4.98. The van der Waals surface area contributed by atoms with E-state index in [2.05, 4.69) is 39.1 Å². The van der Waals surface area contributed by atoms with Crippen molar-refractivity contribution < 1.29 is 4.79 Å². The van der Waals surface area contributed by atoms with Crippen molar-refractivity contribution in [3.8, 4) is 5.95 Å². The van der Waals surface area contributed by atoms with Gasteiger partial charge in [0, 0.05) is 24.4 Å². The Bertz CT molecular complexity index is 1020. The van der Waals surface area contributed by atoms with Crippen molar-refractivity contribution in [2.24, 2.45) is 0 Å². The molecule has 6 heteroatoms. The van der Waals surface area contributed by atoms with Crippen LogP contribution in [0, 0.1) is 13.8 Å². The number of aryl methyl sites for hydroxylation is 2. The second-order valence-corrected chi connectivity index (χ2v) is 7.14. The SMILES string of the molecule is C=CCNc1nn(-c2nc(C)cc(C)n2)c2c1C(=O)C[C@H](c1ccccc1)C2. The maximum Gasteiger partial charge on any atom is 0.251 e. The number of hydrogen-bond donors (Lipinski definition) is 1. The lowest BCUT2D eigenvalue weighted by Crippen LogP contribution is -2.21. The lowest BCUT2D eigenvalue weighted by molar-refractivity contribution is 0.0964. The van der Waals surface area contributed by atoms with E-state index in [0.717, 1.165) is 22.6 Å². The number of nitrogens with one attached hydrogen (secondary N) is 1. The monoisotopic (exact) mass is 373 g/mol.